The van der Waals surface area contributed by atoms with Crippen molar-refractivity contribution < 1.29 is 32.3 Å². The number of aliphatic hydroxyl groups is 1. The minimum Gasteiger partial charge on any atom is -0.467 e. The Kier molecular flexibility index (Phi) is 5.99. The fourth-order valence-corrected chi connectivity index (χ4v) is 3.20. The second-order valence-electron chi connectivity index (χ2n) is 6.67. The minimum atomic E-state index is -4.44. The molecule has 1 unspecified atom stereocenters. The Labute approximate surface area is 159 Å². The number of aliphatic hydroxyl groups excluding tert-OH is 1. The van der Waals surface area contributed by atoms with Gasteiger partial charge in [0.2, 0.25) is 11.7 Å². The molecule has 0 spiro atoms. The zero-order chi connectivity index (χ0) is 20.3. The Bertz CT molecular complexity index is 816. The van der Waals surface area contributed by atoms with E-state index >= 15 is 0 Å². The molecule has 0 amide bonds. The Balaban J connectivity index is 1.60. The molecule has 1 atom stereocenters. The summed E-state index contributed by atoms with van der Waals surface area (Å²) in [6, 6.07) is 4.75. The van der Waals surface area contributed by atoms with Crippen molar-refractivity contribution >= 4 is 5.97 Å². The molecule has 1 aromatic carbocycles. The summed E-state index contributed by atoms with van der Waals surface area (Å²) in [5.41, 5.74) is -0.549. The van der Waals surface area contributed by atoms with Crippen LogP contribution in [0.25, 0.3) is 11.4 Å². The second kappa shape index (κ2) is 8.27. The van der Waals surface area contributed by atoms with Gasteiger partial charge in [-0.3, -0.25) is 4.90 Å². The van der Waals surface area contributed by atoms with Crippen molar-refractivity contribution in [3.05, 3.63) is 35.7 Å². The Morgan fingerprint density at radius 1 is 1.39 bits per heavy atom. The molecule has 1 aromatic heterocycles. The maximum atomic E-state index is 12.8. The molecule has 1 aliphatic rings. The first kappa shape index (κ1) is 20.3. The van der Waals surface area contributed by atoms with E-state index in [4.69, 9.17) is 4.52 Å². The van der Waals surface area contributed by atoms with Crippen LogP contribution in [0.3, 0.4) is 0 Å². The molecular formula is C18H20F3N3O4. The van der Waals surface area contributed by atoms with Crippen molar-refractivity contribution in [3.63, 3.8) is 0 Å². The summed E-state index contributed by atoms with van der Waals surface area (Å²) in [6.07, 6.45) is -4.37. The van der Waals surface area contributed by atoms with Crippen LogP contribution in [-0.2, 0) is 22.3 Å². The third kappa shape index (κ3) is 4.68. The lowest BCUT2D eigenvalue weighted by Crippen LogP contribution is -2.40. The molecule has 1 saturated heterocycles. The lowest BCUT2D eigenvalue weighted by atomic mass is 9.91. The van der Waals surface area contributed by atoms with Gasteiger partial charge in [-0.2, -0.15) is 18.2 Å². The van der Waals surface area contributed by atoms with E-state index in [9.17, 15) is 23.1 Å². The van der Waals surface area contributed by atoms with Gasteiger partial charge < -0.3 is 14.4 Å². The average molecular weight is 399 g/mol. The number of rotatable bonds is 5. The van der Waals surface area contributed by atoms with Gasteiger partial charge in [0.25, 0.3) is 0 Å². The number of nitrogens with zero attached hydrogens (tertiary/aromatic N) is 3. The van der Waals surface area contributed by atoms with Crippen LogP contribution in [-0.4, -0.2) is 52.4 Å². The lowest BCUT2D eigenvalue weighted by molar-refractivity contribution is -0.154. The van der Waals surface area contributed by atoms with Gasteiger partial charge in [-0.25, -0.2) is 4.79 Å². The van der Waals surface area contributed by atoms with Crippen LogP contribution in [0.4, 0.5) is 13.2 Å². The highest BCUT2D eigenvalue weighted by molar-refractivity contribution is 5.74. The highest BCUT2D eigenvalue weighted by Gasteiger charge is 2.32. The molecule has 0 bridgehead atoms. The van der Waals surface area contributed by atoms with Gasteiger partial charge in [0.1, 0.15) is 0 Å². The van der Waals surface area contributed by atoms with E-state index in [2.05, 4.69) is 14.9 Å². The van der Waals surface area contributed by atoms with Gasteiger partial charge in [0.05, 0.1) is 19.2 Å². The molecule has 1 fully saturated rings. The quantitative estimate of drug-likeness (QED) is 0.773. The van der Waals surface area contributed by atoms with E-state index in [0.29, 0.717) is 38.4 Å². The fraction of sp³-hybridized carbons (Fsp3) is 0.500. The third-order valence-electron chi connectivity index (χ3n) is 4.80. The zero-order valence-electron chi connectivity index (χ0n) is 15.1. The smallest absolute Gasteiger partial charge is 0.416 e. The van der Waals surface area contributed by atoms with Crippen LogP contribution < -0.4 is 0 Å². The minimum absolute atomic E-state index is 0.0945. The first-order chi connectivity index (χ1) is 13.3. The molecular weight excluding hydrogens is 379 g/mol. The molecule has 152 valence electrons. The first-order valence-electron chi connectivity index (χ1n) is 8.76. The number of hydrogen-bond donors (Lipinski definition) is 1. The SMILES string of the molecule is COC(=O)C(O)C1CCN(Cc2nc(-c3cccc(C(F)(F)F)c3)no2)CC1. The van der Waals surface area contributed by atoms with Crippen molar-refractivity contribution in [2.75, 3.05) is 20.2 Å². The number of methoxy groups -OCH3 is 1. The molecule has 1 aliphatic heterocycles. The first-order valence-corrected chi connectivity index (χ1v) is 8.76. The summed E-state index contributed by atoms with van der Waals surface area (Å²) in [5, 5.41) is 13.7. The molecule has 0 radical (unpaired) electrons. The van der Waals surface area contributed by atoms with Crippen molar-refractivity contribution in [2.24, 2.45) is 5.92 Å². The van der Waals surface area contributed by atoms with E-state index in [0.717, 1.165) is 12.1 Å². The van der Waals surface area contributed by atoms with Crippen LogP contribution in [0.2, 0.25) is 0 Å². The molecule has 3 rings (SSSR count). The van der Waals surface area contributed by atoms with Crippen molar-refractivity contribution in [1.29, 1.82) is 0 Å². The Morgan fingerprint density at radius 3 is 2.75 bits per heavy atom. The topological polar surface area (TPSA) is 88.7 Å². The van der Waals surface area contributed by atoms with Gasteiger partial charge in [0.15, 0.2) is 6.10 Å². The van der Waals surface area contributed by atoms with Crippen LogP contribution in [0.15, 0.2) is 28.8 Å². The number of benzene rings is 1. The summed E-state index contributed by atoms with van der Waals surface area (Å²) in [6.45, 7) is 1.56. The van der Waals surface area contributed by atoms with Gasteiger partial charge in [-0.05, 0) is 44.0 Å². The summed E-state index contributed by atoms with van der Waals surface area (Å²) < 4.78 is 48.2. The van der Waals surface area contributed by atoms with Gasteiger partial charge in [0, 0.05) is 5.56 Å². The highest BCUT2D eigenvalue weighted by Crippen LogP contribution is 2.31. The van der Waals surface area contributed by atoms with Crippen LogP contribution >= 0.6 is 0 Å². The highest BCUT2D eigenvalue weighted by atomic mass is 19.4. The van der Waals surface area contributed by atoms with Gasteiger partial charge in [-0.15, -0.1) is 0 Å². The normalized spacial score (nSPS) is 17.5. The molecule has 0 saturated carbocycles. The number of likely N-dealkylation sites (tertiary alicyclic amines) is 1. The monoisotopic (exact) mass is 399 g/mol. The number of ether oxygens (including phenoxy) is 1. The molecule has 7 nitrogen and oxygen atoms in total. The molecule has 0 aliphatic carbocycles. The van der Waals surface area contributed by atoms with Gasteiger partial charge in [-0.1, -0.05) is 17.3 Å². The number of esters is 1. The Morgan fingerprint density at radius 2 is 2.11 bits per heavy atom. The average Bonchev–Trinajstić information content (AvgIpc) is 3.15. The summed E-state index contributed by atoms with van der Waals surface area (Å²) >= 11 is 0. The number of carbonyl (C=O) groups is 1. The predicted molar refractivity (Wildman–Crippen MR) is 90.8 cm³/mol. The number of carbonyl (C=O) groups excluding carboxylic acids is 1. The maximum Gasteiger partial charge on any atom is 0.416 e. The van der Waals surface area contributed by atoms with Crippen molar-refractivity contribution in [3.8, 4) is 11.4 Å². The van der Waals surface area contributed by atoms with Crippen LogP contribution in [0.5, 0.6) is 0 Å². The number of alkyl halides is 3. The number of hydrogen-bond acceptors (Lipinski definition) is 7. The van der Waals surface area contributed by atoms with E-state index in [1.807, 2.05) is 4.90 Å². The molecule has 10 heteroatoms. The number of aromatic nitrogens is 2. The second-order valence-corrected chi connectivity index (χ2v) is 6.67. The summed E-state index contributed by atoms with van der Waals surface area (Å²) in [7, 11) is 1.23. The van der Waals surface area contributed by atoms with Gasteiger partial charge >= 0.3 is 12.1 Å². The Hall–Kier alpha value is -2.46. The van der Waals surface area contributed by atoms with Crippen molar-refractivity contribution in [2.45, 2.75) is 31.7 Å². The van der Waals surface area contributed by atoms with Crippen LogP contribution in [0.1, 0.15) is 24.3 Å². The summed E-state index contributed by atoms with van der Waals surface area (Å²) in [4.78, 5) is 17.6. The van der Waals surface area contributed by atoms with E-state index in [-0.39, 0.29) is 17.3 Å². The van der Waals surface area contributed by atoms with Crippen molar-refractivity contribution in [1.82, 2.24) is 15.0 Å². The molecule has 1 N–H and O–H groups in total. The van der Waals surface area contributed by atoms with E-state index < -0.39 is 23.8 Å². The fourth-order valence-electron chi connectivity index (χ4n) is 3.20. The zero-order valence-corrected chi connectivity index (χ0v) is 15.1. The summed E-state index contributed by atoms with van der Waals surface area (Å²) in [5.74, 6) is -0.426. The lowest BCUT2D eigenvalue weighted by Gasteiger charge is -2.32. The van der Waals surface area contributed by atoms with E-state index in [1.54, 1.807) is 0 Å². The number of halogens is 3. The predicted octanol–water partition coefficient (Wildman–Crippen LogP) is 2.50. The van der Waals surface area contributed by atoms with E-state index in [1.165, 1.54) is 19.2 Å². The maximum absolute atomic E-state index is 12.8. The number of piperidine rings is 1. The van der Waals surface area contributed by atoms with Crippen LogP contribution in [0, 0.1) is 5.92 Å². The standard InChI is InChI=1S/C18H20F3N3O4/c1-27-17(26)15(25)11-5-7-24(8-6-11)10-14-22-16(23-28-14)12-3-2-4-13(9-12)18(19,20)21/h2-4,9,11,15,25H,5-8,10H2,1H3. The third-order valence-corrected chi connectivity index (χ3v) is 4.80. The molecule has 28 heavy (non-hydrogen) atoms. The molecule has 2 aromatic rings. The molecule has 2 heterocycles. The largest absolute Gasteiger partial charge is 0.467 e.